The predicted octanol–water partition coefficient (Wildman–Crippen LogP) is 4.39. The van der Waals surface area contributed by atoms with E-state index in [2.05, 4.69) is 16.2 Å². The van der Waals surface area contributed by atoms with Gasteiger partial charge in [0.05, 0.1) is 5.02 Å². The summed E-state index contributed by atoms with van der Waals surface area (Å²) in [5.41, 5.74) is 6.80. The molecular weight excluding hydrogens is 453 g/mol. The number of benzene rings is 3. The van der Waals surface area contributed by atoms with Crippen LogP contribution in [0.4, 0.5) is 5.69 Å². The van der Waals surface area contributed by atoms with Gasteiger partial charge in [0.15, 0.2) is 6.61 Å². The maximum Gasteiger partial charge on any atom is 0.276 e. The van der Waals surface area contributed by atoms with E-state index in [9.17, 15) is 14.4 Å². The molecule has 0 heterocycles. The highest BCUT2D eigenvalue weighted by molar-refractivity contribution is 6.35. The number of aryl methyl sites for hydroxylation is 1. The lowest BCUT2D eigenvalue weighted by atomic mass is 10.1. The normalized spacial score (nSPS) is 10.2. The molecule has 0 saturated carbocycles. The average molecular weight is 472 g/mol. The number of carbonyl (C=O) groups excluding carboxylic acids is 3. The zero-order chi connectivity index (χ0) is 23.1. The first-order chi connectivity index (χ1) is 15.3. The fraction of sp³-hybridized carbons (Fsp3) is 0.0870. The Hall–Kier alpha value is -3.55. The van der Waals surface area contributed by atoms with Crippen molar-refractivity contribution in [1.82, 2.24) is 10.9 Å². The van der Waals surface area contributed by atoms with Crippen molar-refractivity contribution in [2.75, 3.05) is 11.9 Å². The number of carbonyl (C=O) groups is 3. The topological polar surface area (TPSA) is 96.5 Å². The average Bonchev–Trinajstić information content (AvgIpc) is 2.77. The highest BCUT2D eigenvalue weighted by Crippen LogP contribution is 2.27. The Bertz CT molecular complexity index is 1150. The maximum absolute atomic E-state index is 12.4. The number of anilines is 1. The number of hydrazine groups is 1. The van der Waals surface area contributed by atoms with Crippen molar-refractivity contribution in [3.8, 4) is 5.75 Å². The Morgan fingerprint density at radius 1 is 0.875 bits per heavy atom. The van der Waals surface area contributed by atoms with E-state index in [1.165, 1.54) is 24.3 Å². The molecule has 0 aliphatic rings. The van der Waals surface area contributed by atoms with E-state index in [-0.39, 0.29) is 17.5 Å². The second-order valence-electron chi connectivity index (χ2n) is 6.71. The maximum atomic E-state index is 12.4. The van der Waals surface area contributed by atoms with Crippen LogP contribution in [0.3, 0.4) is 0 Å². The number of ether oxygens (including phenoxy) is 1. The first-order valence-electron chi connectivity index (χ1n) is 9.47. The number of hydrogen-bond donors (Lipinski definition) is 3. The van der Waals surface area contributed by atoms with Crippen LogP contribution < -0.4 is 20.9 Å². The van der Waals surface area contributed by atoms with Crippen LogP contribution in [0, 0.1) is 6.92 Å². The van der Waals surface area contributed by atoms with Gasteiger partial charge in [-0.25, -0.2) is 0 Å². The monoisotopic (exact) mass is 471 g/mol. The number of nitrogens with one attached hydrogen (secondary N) is 3. The van der Waals surface area contributed by atoms with E-state index < -0.39 is 11.8 Å². The Labute approximate surface area is 194 Å². The summed E-state index contributed by atoms with van der Waals surface area (Å²) in [4.78, 5) is 36.5. The molecule has 32 heavy (non-hydrogen) atoms. The standard InChI is InChI=1S/C23H19Cl2N3O4/c1-14-4-2-3-5-18(14)23(31)26-17-9-6-15(7-10-17)22(30)28-27-21(29)13-32-20-11-8-16(24)12-19(20)25/h2-12H,13H2,1H3,(H,26,31)(H,27,29)(H,28,30). The van der Waals surface area contributed by atoms with Crippen molar-refractivity contribution >= 4 is 46.6 Å². The fourth-order valence-corrected chi connectivity index (χ4v) is 3.16. The lowest BCUT2D eigenvalue weighted by Crippen LogP contribution is -2.43. The van der Waals surface area contributed by atoms with Crippen LogP contribution in [0.1, 0.15) is 26.3 Å². The molecule has 0 bridgehead atoms. The second kappa shape index (κ2) is 10.7. The van der Waals surface area contributed by atoms with E-state index in [1.54, 1.807) is 30.3 Å². The largest absolute Gasteiger partial charge is 0.482 e. The Morgan fingerprint density at radius 3 is 2.28 bits per heavy atom. The van der Waals surface area contributed by atoms with Gasteiger partial charge in [0.25, 0.3) is 17.7 Å². The molecule has 0 fully saturated rings. The van der Waals surface area contributed by atoms with Crippen LogP contribution in [-0.2, 0) is 4.79 Å². The van der Waals surface area contributed by atoms with Gasteiger partial charge < -0.3 is 10.1 Å². The Morgan fingerprint density at radius 2 is 1.59 bits per heavy atom. The quantitative estimate of drug-likeness (QED) is 0.464. The van der Waals surface area contributed by atoms with Gasteiger partial charge in [0.2, 0.25) is 0 Å². The fourth-order valence-electron chi connectivity index (χ4n) is 2.70. The Kier molecular flexibility index (Phi) is 7.70. The molecule has 0 aromatic heterocycles. The molecule has 9 heteroatoms. The van der Waals surface area contributed by atoms with Crippen molar-refractivity contribution < 1.29 is 19.1 Å². The zero-order valence-corrected chi connectivity index (χ0v) is 18.5. The molecule has 0 aliphatic carbocycles. The molecule has 0 radical (unpaired) electrons. The van der Waals surface area contributed by atoms with Crippen molar-refractivity contribution in [3.05, 3.63) is 93.5 Å². The molecule has 0 unspecified atom stereocenters. The summed E-state index contributed by atoms with van der Waals surface area (Å²) in [6.07, 6.45) is 0. The molecule has 0 spiro atoms. The van der Waals surface area contributed by atoms with Gasteiger partial charge in [-0.1, -0.05) is 41.4 Å². The lowest BCUT2D eigenvalue weighted by Gasteiger charge is -2.11. The third-order valence-corrected chi connectivity index (χ3v) is 4.89. The molecule has 7 nitrogen and oxygen atoms in total. The van der Waals surface area contributed by atoms with Gasteiger partial charge in [0.1, 0.15) is 5.75 Å². The van der Waals surface area contributed by atoms with Gasteiger partial charge in [-0.3, -0.25) is 25.2 Å². The summed E-state index contributed by atoms with van der Waals surface area (Å²) in [5.74, 6) is -1.06. The minimum atomic E-state index is -0.577. The lowest BCUT2D eigenvalue weighted by molar-refractivity contribution is -0.123. The molecule has 0 saturated heterocycles. The summed E-state index contributed by atoms with van der Waals surface area (Å²) in [7, 11) is 0. The van der Waals surface area contributed by atoms with Crippen molar-refractivity contribution in [2.24, 2.45) is 0 Å². The molecule has 0 aliphatic heterocycles. The van der Waals surface area contributed by atoms with Crippen LogP contribution >= 0.6 is 23.2 Å². The van der Waals surface area contributed by atoms with Crippen LogP contribution in [0.2, 0.25) is 10.0 Å². The molecular formula is C23H19Cl2N3O4. The molecule has 0 atom stereocenters. The summed E-state index contributed by atoms with van der Waals surface area (Å²) in [6, 6.07) is 18.1. The van der Waals surface area contributed by atoms with E-state index >= 15 is 0 Å². The predicted molar refractivity (Wildman–Crippen MR) is 123 cm³/mol. The van der Waals surface area contributed by atoms with Crippen LogP contribution in [0.25, 0.3) is 0 Å². The minimum Gasteiger partial charge on any atom is -0.482 e. The SMILES string of the molecule is Cc1ccccc1C(=O)Nc1ccc(C(=O)NNC(=O)COc2ccc(Cl)cc2Cl)cc1. The summed E-state index contributed by atoms with van der Waals surface area (Å²) in [6.45, 7) is 1.50. The van der Waals surface area contributed by atoms with Crippen molar-refractivity contribution in [2.45, 2.75) is 6.92 Å². The van der Waals surface area contributed by atoms with Gasteiger partial charge >= 0.3 is 0 Å². The van der Waals surface area contributed by atoms with E-state index in [1.807, 2.05) is 19.1 Å². The first-order valence-corrected chi connectivity index (χ1v) is 10.2. The van der Waals surface area contributed by atoms with Gasteiger partial charge in [-0.2, -0.15) is 0 Å². The molecule has 3 aromatic rings. The number of halogens is 2. The van der Waals surface area contributed by atoms with Crippen LogP contribution in [0.5, 0.6) is 5.75 Å². The second-order valence-corrected chi connectivity index (χ2v) is 7.56. The molecule has 3 aromatic carbocycles. The minimum absolute atomic E-state index is 0.242. The van der Waals surface area contributed by atoms with E-state index in [4.69, 9.17) is 27.9 Å². The van der Waals surface area contributed by atoms with Gasteiger partial charge in [-0.05, 0) is 61.0 Å². The highest BCUT2D eigenvalue weighted by atomic mass is 35.5. The zero-order valence-electron chi connectivity index (χ0n) is 16.9. The molecule has 164 valence electrons. The van der Waals surface area contributed by atoms with E-state index in [0.717, 1.165) is 5.56 Å². The van der Waals surface area contributed by atoms with Crippen LogP contribution in [-0.4, -0.2) is 24.3 Å². The van der Waals surface area contributed by atoms with Gasteiger partial charge in [0, 0.05) is 21.8 Å². The Balaban J connectivity index is 1.48. The first kappa shape index (κ1) is 23.1. The van der Waals surface area contributed by atoms with Crippen LogP contribution in [0.15, 0.2) is 66.7 Å². The third-order valence-electron chi connectivity index (χ3n) is 4.36. The third kappa shape index (κ3) is 6.23. The van der Waals surface area contributed by atoms with Crippen molar-refractivity contribution in [3.63, 3.8) is 0 Å². The van der Waals surface area contributed by atoms with E-state index in [0.29, 0.717) is 27.6 Å². The molecule has 3 rings (SSSR count). The molecule has 3 amide bonds. The summed E-state index contributed by atoms with van der Waals surface area (Å²) < 4.78 is 5.29. The highest BCUT2D eigenvalue weighted by Gasteiger charge is 2.11. The molecule has 3 N–H and O–H groups in total. The summed E-state index contributed by atoms with van der Waals surface area (Å²) in [5, 5.41) is 3.49. The number of rotatable bonds is 6. The van der Waals surface area contributed by atoms with Gasteiger partial charge in [-0.15, -0.1) is 0 Å². The number of hydrogen-bond acceptors (Lipinski definition) is 4. The summed E-state index contributed by atoms with van der Waals surface area (Å²) >= 11 is 11.8. The number of amides is 3. The van der Waals surface area contributed by atoms with Crippen molar-refractivity contribution in [1.29, 1.82) is 0 Å². The smallest absolute Gasteiger partial charge is 0.276 e.